The molecule has 0 saturated heterocycles. The van der Waals surface area contributed by atoms with Crippen molar-refractivity contribution >= 4 is 33.2 Å². The van der Waals surface area contributed by atoms with Crippen LogP contribution in [0.1, 0.15) is 5.56 Å². The fourth-order valence-corrected chi connectivity index (χ4v) is 2.37. The number of fused-ring (bicyclic) bond motifs is 1. The number of rotatable bonds is 3. The van der Waals surface area contributed by atoms with Crippen molar-refractivity contribution in [3.8, 4) is 11.5 Å². The van der Waals surface area contributed by atoms with E-state index in [2.05, 4.69) is 21.2 Å². The van der Waals surface area contributed by atoms with Crippen molar-refractivity contribution in [2.45, 2.75) is 6.54 Å². The van der Waals surface area contributed by atoms with E-state index in [9.17, 15) is 4.39 Å². The van der Waals surface area contributed by atoms with E-state index >= 15 is 0 Å². The van der Waals surface area contributed by atoms with Gasteiger partial charge in [-0.15, -0.1) is 0 Å². The number of hydrogen-bond acceptors (Lipinski definition) is 3. The zero-order valence-electron chi connectivity index (χ0n) is 10.3. The lowest BCUT2D eigenvalue weighted by atomic mass is 10.2. The SMILES string of the molecule is Fc1cc(CNc2cc3c(cc2Cl)OCO3)ccc1Br. The van der Waals surface area contributed by atoms with Crippen molar-refractivity contribution in [2.24, 2.45) is 0 Å². The van der Waals surface area contributed by atoms with Crippen LogP contribution in [0.3, 0.4) is 0 Å². The van der Waals surface area contributed by atoms with Crippen LogP contribution in [0.15, 0.2) is 34.8 Å². The van der Waals surface area contributed by atoms with Crippen molar-refractivity contribution in [3.05, 3.63) is 51.2 Å². The molecular weight excluding hydrogens is 349 g/mol. The summed E-state index contributed by atoms with van der Waals surface area (Å²) in [5, 5.41) is 3.69. The van der Waals surface area contributed by atoms with Gasteiger partial charge >= 0.3 is 0 Å². The first kappa shape index (κ1) is 13.5. The standard InChI is InChI=1S/C14H10BrClFNO2/c15-9-2-1-8(3-11(9)17)6-18-12-5-14-13(4-10(12)16)19-7-20-14/h1-5,18H,6-7H2. The maximum atomic E-state index is 13.4. The number of benzene rings is 2. The highest BCUT2D eigenvalue weighted by molar-refractivity contribution is 9.10. The first-order valence-electron chi connectivity index (χ1n) is 5.90. The van der Waals surface area contributed by atoms with Crippen molar-refractivity contribution in [2.75, 3.05) is 12.1 Å². The number of anilines is 1. The van der Waals surface area contributed by atoms with Gasteiger partial charge in [0.15, 0.2) is 11.5 Å². The van der Waals surface area contributed by atoms with Crippen LogP contribution in [0, 0.1) is 5.82 Å². The van der Waals surface area contributed by atoms with Crippen LogP contribution in [0.5, 0.6) is 11.5 Å². The summed E-state index contributed by atoms with van der Waals surface area (Å²) >= 11 is 9.27. The highest BCUT2D eigenvalue weighted by atomic mass is 79.9. The van der Waals surface area contributed by atoms with Gasteiger partial charge in [-0.3, -0.25) is 0 Å². The summed E-state index contributed by atoms with van der Waals surface area (Å²) in [6, 6.07) is 8.46. The van der Waals surface area contributed by atoms with E-state index in [1.165, 1.54) is 6.07 Å². The Kier molecular flexibility index (Phi) is 3.72. The van der Waals surface area contributed by atoms with Crippen LogP contribution in [0.25, 0.3) is 0 Å². The molecule has 1 aliphatic rings. The van der Waals surface area contributed by atoms with Crippen LogP contribution >= 0.6 is 27.5 Å². The first-order chi connectivity index (χ1) is 9.63. The third-order valence-electron chi connectivity index (χ3n) is 2.93. The maximum Gasteiger partial charge on any atom is 0.231 e. The van der Waals surface area contributed by atoms with Gasteiger partial charge in [0.05, 0.1) is 15.2 Å². The summed E-state index contributed by atoms with van der Waals surface area (Å²) < 4.78 is 24.4. The Labute approximate surface area is 128 Å². The molecule has 0 fully saturated rings. The van der Waals surface area contributed by atoms with Gasteiger partial charge in [0, 0.05) is 18.7 Å². The summed E-state index contributed by atoms with van der Waals surface area (Å²) in [6.45, 7) is 0.663. The van der Waals surface area contributed by atoms with Crippen LogP contribution in [-0.2, 0) is 6.54 Å². The Morgan fingerprint density at radius 1 is 1.20 bits per heavy atom. The van der Waals surface area contributed by atoms with Crippen molar-refractivity contribution in [3.63, 3.8) is 0 Å². The van der Waals surface area contributed by atoms with Crippen LogP contribution in [-0.4, -0.2) is 6.79 Å². The van der Waals surface area contributed by atoms with E-state index in [0.717, 1.165) is 11.3 Å². The molecule has 0 aliphatic carbocycles. The molecule has 0 unspecified atom stereocenters. The van der Waals surface area contributed by atoms with Gasteiger partial charge in [0.2, 0.25) is 6.79 Å². The van der Waals surface area contributed by atoms with Crippen molar-refractivity contribution in [1.29, 1.82) is 0 Å². The van der Waals surface area contributed by atoms with Gasteiger partial charge in [0.1, 0.15) is 5.82 Å². The first-order valence-corrected chi connectivity index (χ1v) is 7.07. The fraction of sp³-hybridized carbons (Fsp3) is 0.143. The summed E-state index contributed by atoms with van der Waals surface area (Å²) in [6.07, 6.45) is 0. The van der Waals surface area contributed by atoms with Gasteiger partial charge in [-0.1, -0.05) is 17.7 Å². The van der Waals surface area contributed by atoms with E-state index < -0.39 is 0 Å². The van der Waals surface area contributed by atoms with Crippen LogP contribution < -0.4 is 14.8 Å². The van der Waals surface area contributed by atoms with E-state index in [1.54, 1.807) is 18.2 Å². The third kappa shape index (κ3) is 2.69. The predicted molar refractivity (Wildman–Crippen MR) is 79.0 cm³/mol. The molecule has 0 atom stereocenters. The molecule has 0 amide bonds. The lowest BCUT2D eigenvalue weighted by Gasteiger charge is -2.10. The lowest BCUT2D eigenvalue weighted by molar-refractivity contribution is 0.174. The smallest absolute Gasteiger partial charge is 0.231 e. The van der Waals surface area contributed by atoms with Crippen LogP contribution in [0.2, 0.25) is 5.02 Å². The summed E-state index contributed by atoms with van der Waals surface area (Å²) in [4.78, 5) is 0. The van der Waals surface area contributed by atoms with Crippen LogP contribution in [0.4, 0.5) is 10.1 Å². The van der Waals surface area contributed by atoms with E-state index in [-0.39, 0.29) is 12.6 Å². The fourth-order valence-electron chi connectivity index (χ4n) is 1.90. The molecule has 3 rings (SSSR count). The number of halogens is 3. The highest BCUT2D eigenvalue weighted by Gasteiger charge is 2.16. The van der Waals surface area contributed by atoms with Gasteiger partial charge in [0.25, 0.3) is 0 Å². The lowest BCUT2D eigenvalue weighted by Crippen LogP contribution is -2.00. The molecule has 3 nitrogen and oxygen atoms in total. The third-order valence-corrected chi connectivity index (χ3v) is 3.89. The second-order valence-electron chi connectivity index (χ2n) is 4.29. The zero-order chi connectivity index (χ0) is 14.1. The Bertz CT molecular complexity index is 666. The summed E-state index contributed by atoms with van der Waals surface area (Å²) in [5.41, 5.74) is 1.54. The topological polar surface area (TPSA) is 30.5 Å². The average molecular weight is 359 g/mol. The Hall–Kier alpha value is -1.46. The van der Waals surface area contributed by atoms with Crippen molar-refractivity contribution < 1.29 is 13.9 Å². The second-order valence-corrected chi connectivity index (χ2v) is 5.55. The molecule has 1 N–H and O–H groups in total. The minimum absolute atomic E-state index is 0.201. The number of hydrogen-bond donors (Lipinski definition) is 1. The largest absolute Gasteiger partial charge is 0.454 e. The second kappa shape index (κ2) is 5.50. The molecule has 0 aromatic heterocycles. The Balaban J connectivity index is 1.76. The zero-order valence-corrected chi connectivity index (χ0v) is 12.6. The van der Waals surface area contributed by atoms with E-state index in [1.807, 2.05) is 6.07 Å². The molecule has 104 valence electrons. The van der Waals surface area contributed by atoms with Gasteiger partial charge < -0.3 is 14.8 Å². The molecule has 2 aromatic rings. The van der Waals surface area contributed by atoms with Crippen molar-refractivity contribution in [1.82, 2.24) is 0 Å². The minimum atomic E-state index is -0.291. The minimum Gasteiger partial charge on any atom is -0.454 e. The van der Waals surface area contributed by atoms with Gasteiger partial charge in [-0.2, -0.15) is 0 Å². The van der Waals surface area contributed by atoms with E-state index in [4.69, 9.17) is 21.1 Å². The maximum absolute atomic E-state index is 13.4. The molecule has 1 aliphatic heterocycles. The Morgan fingerprint density at radius 2 is 1.95 bits per heavy atom. The summed E-state index contributed by atoms with van der Waals surface area (Å²) in [5.74, 6) is 0.996. The molecule has 2 aromatic carbocycles. The summed E-state index contributed by atoms with van der Waals surface area (Å²) in [7, 11) is 0. The molecule has 20 heavy (non-hydrogen) atoms. The van der Waals surface area contributed by atoms with Gasteiger partial charge in [-0.25, -0.2) is 4.39 Å². The number of nitrogens with one attached hydrogen (secondary N) is 1. The predicted octanol–water partition coefficient (Wildman–Crippen LogP) is 4.58. The molecule has 6 heteroatoms. The average Bonchev–Trinajstić information content (AvgIpc) is 2.87. The Morgan fingerprint density at radius 3 is 2.70 bits per heavy atom. The monoisotopic (exact) mass is 357 g/mol. The van der Waals surface area contributed by atoms with E-state index in [0.29, 0.717) is 27.5 Å². The molecule has 0 saturated carbocycles. The highest BCUT2D eigenvalue weighted by Crippen LogP contribution is 2.39. The molecule has 0 radical (unpaired) electrons. The molecule has 0 bridgehead atoms. The molecule has 1 heterocycles. The van der Waals surface area contributed by atoms with Gasteiger partial charge in [-0.05, 0) is 33.6 Å². The normalized spacial score (nSPS) is 12.6. The number of ether oxygens (including phenoxy) is 2. The quantitative estimate of drug-likeness (QED) is 0.871. The molecular formula is C14H10BrClFNO2. The molecule has 0 spiro atoms.